The maximum Gasteiger partial charge on any atom is 0.311 e. The van der Waals surface area contributed by atoms with E-state index in [0.29, 0.717) is 17.8 Å². The van der Waals surface area contributed by atoms with Crippen molar-refractivity contribution in [3.05, 3.63) is 23.5 Å². The molecule has 4 rings (SSSR count). The largest absolute Gasteiger partial charge is 0.423 e. The molecule has 0 aliphatic heterocycles. The van der Waals surface area contributed by atoms with E-state index in [4.69, 9.17) is 4.74 Å². The van der Waals surface area contributed by atoms with Crippen LogP contribution in [0.2, 0.25) is 0 Å². The van der Waals surface area contributed by atoms with E-state index < -0.39 is 0 Å². The second-order valence-electron chi connectivity index (χ2n) is 9.15. The minimum absolute atomic E-state index is 0.121. The molecule has 136 valence electrons. The molecule has 0 unspecified atom stereocenters. The average molecular weight is 342 g/mol. The smallest absolute Gasteiger partial charge is 0.311 e. The fourth-order valence-corrected chi connectivity index (χ4v) is 6.53. The van der Waals surface area contributed by atoms with Crippen LogP contribution < -0.4 is 0 Å². The molecule has 0 bridgehead atoms. The van der Waals surface area contributed by atoms with Gasteiger partial charge in [0, 0.05) is 11.8 Å². The second kappa shape index (κ2) is 5.82. The highest BCUT2D eigenvalue weighted by atomic mass is 16.5. The predicted molar refractivity (Wildman–Crippen MR) is 96.6 cm³/mol. The van der Waals surface area contributed by atoms with Crippen molar-refractivity contribution in [2.24, 2.45) is 28.6 Å². The zero-order valence-corrected chi connectivity index (χ0v) is 15.8. The number of rotatable bonds is 2. The normalized spacial score (nSPS) is 42.7. The Bertz CT molecular complexity index is 673. The molecule has 3 heteroatoms. The summed E-state index contributed by atoms with van der Waals surface area (Å²) in [4.78, 5) is 24.1. The van der Waals surface area contributed by atoms with Crippen LogP contribution in [0.25, 0.3) is 0 Å². The quantitative estimate of drug-likeness (QED) is 0.666. The molecule has 3 fully saturated rings. The summed E-state index contributed by atoms with van der Waals surface area (Å²) in [5.41, 5.74) is 1.67. The zero-order chi connectivity index (χ0) is 17.8. The molecule has 5 atom stereocenters. The molecule has 25 heavy (non-hydrogen) atoms. The van der Waals surface area contributed by atoms with Crippen molar-refractivity contribution >= 4 is 11.8 Å². The first-order valence-corrected chi connectivity index (χ1v) is 10.1. The zero-order valence-electron chi connectivity index (χ0n) is 15.8. The van der Waals surface area contributed by atoms with Gasteiger partial charge >= 0.3 is 5.97 Å². The Labute approximate surface area is 150 Å². The van der Waals surface area contributed by atoms with E-state index in [1.807, 2.05) is 6.08 Å². The first-order valence-electron chi connectivity index (χ1n) is 10.1. The SMILES string of the molecule is CCC(=O)OC1=C[C@@]2(C)C(=CC1=O)CC[C@H]1[C@@H]3CCC[C@@]3(C)CC[C@@H]12. The summed E-state index contributed by atoms with van der Waals surface area (Å²) in [6.45, 7) is 6.54. The minimum atomic E-state index is -0.320. The Kier molecular flexibility index (Phi) is 3.97. The third kappa shape index (κ3) is 2.53. The number of esters is 1. The van der Waals surface area contributed by atoms with Gasteiger partial charge in [0.1, 0.15) is 0 Å². The van der Waals surface area contributed by atoms with Gasteiger partial charge in [0.2, 0.25) is 5.78 Å². The number of ether oxygens (including phenoxy) is 1. The lowest BCUT2D eigenvalue weighted by Crippen LogP contribution is -2.48. The first-order chi connectivity index (χ1) is 11.9. The third-order valence-corrected chi connectivity index (χ3v) is 7.92. The summed E-state index contributed by atoms with van der Waals surface area (Å²) < 4.78 is 5.38. The summed E-state index contributed by atoms with van der Waals surface area (Å²) in [5, 5.41) is 0. The van der Waals surface area contributed by atoms with E-state index in [9.17, 15) is 9.59 Å². The summed E-state index contributed by atoms with van der Waals surface area (Å²) in [6.07, 6.45) is 13.0. The summed E-state index contributed by atoms with van der Waals surface area (Å²) in [6, 6.07) is 0. The third-order valence-electron chi connectivity index (χ3n) is 7.92. The van der Waals surface area contributed by atoms with Crippen LogP contribution in [0.4, 0.5) is 0 Å². The Morgan fingerprint density at radius 1 is 1.20 bits per heavy atom. The highest BCUT2D eigenvalue weighted by molar-refractivity contribution is 6.05. The molecule has 0 heterocycles. The number of fused-ring (bicyclic) bond motifs is 5. The van der Waals surface area contributed by atoms with Crippen molar-refractivity contribution < 1.29 is 14.3 Å². The molecule has 3 saturated carbocycles. The van der Waals surface area contributed by atoms with Crippen molar-refractivity contribution in [2.45, 2.75) is 72.1 Å². The van der Waals surface area contributed by atoms with Crippen molar-refractivity contribution in [3.63, 3.8) is 0 Å². The average Bonchev–Trinajstić information content (AvgIpc) is 2.97. The molecular weight excluding hydrogens is 312 g/mol. The lowest BCUT2D eigenvalue weighted by molar-refractivity contribution is -0.141. The van der Waals surface area contributed by atoms with Gasteiger partial charge in [0.05, 0.1) is 0 Å². The van der Waals surface area contributed by atoms with Crippen LogP contribution in [0, 0.1) is 28.6 Å². The molecule has 0 saturated heterocycles. The molecule has 0 amide bonds. The van der Waals surface area contributed by atoms with Gasteiger partial charge in [-0.25, -0.2) is 0 Å². The van der Waals surface area contributed by atoms with Crippen LogP contribution in [0.15, 0.2) is 23.5 Å². The lowest BCUT2D eigenvalue weighted by Gasteiger charge is -2.56. The van der Waals surface area contributed by atoms with E-state index in [1.165, 1.54) is 44.1 Å². The standard InChI is InChI=1S/C22H30O3/c1-4-20(24)25-19-13-22(3)14(12-18(19)23)7-8-15-16-6-5-10-21(16,2)11-9-17(15)22/h12-13,15-17H,4-11H2,1-3H3/t15-,16-,17-,21-,22-/m0/s1. The highest BCUT2D eigenvalue weighted by Crippen LogP contribution is 2.64. The van der Waals surface area contributed by atoms with Crippen molar-refractivity contribution in [3.8, 4) is 0 Å². The van der Waals surface area contributed by atoms with Gasteiger partial charge < -0.3 is 4.74 Å². The number of hydrogen-bond acceptors (Lipinski definition) is 3. The maximum atomic E-state index is 12.4. The van der Waals surface area contributed by atoms with Gasteiger partial charge in [-0.2, -0.15) is 0 Å². The Morgan fingerprint density at radius 3 is 2.76 bits per heavy atom. The molecule has 0 spiro atoms. The van der Waals surface area contributed by atoms with Gasteiger partial charge in [0.15, 0.2) is 5.76 Å². The fraction of sp³-hybridized carbons (Fsp3) is 0.727. The molecular formula is C22H30O3. The molecule has 0 N–H and O–H groups in total. The molecule has 0 radical (unpaired) electrons. The van der Waals surface area contributed by atoms with Crippen molar-refractivity contribution in [1.29, 1.82) is 0 Å². The van der Waals surface area contributed by atoms with Crippen LogP contribution in [0.5, 0.6) is 0 Å². The summed E-state index contributed by atoms with van der Waals surface area (Å²) >= 11 is 0. The Morgan fingerprint density at radius 2 is 2.00 bits per heavy atom. The van der Waals surface area contributed by atoms with Gasteiger partial charge in [-0.3, -0.25) is 9.59 Å². The first kappa shape index (κ1) is 17.1. The number of allylic oxidation sites excluding steroid dienone is 3. The number of ketones is 1. The van der Waals surface area contributed by atoms with Crippen molar-refractivity contribution in [2.75, 3.05) is 0 Å². The van der Waals surface area contributed by atoms with Crippen LogP contribution in [0.3, 0.4) is 0 Å². The molecule has 0 aromatic heterocycles. The van der Waals surface area contributed by atoms with Crippen molar-refractivity contribution in [1.82, 2.24) is 0 Å². The fourth-order valence-electron chi connectivity index (χ4n) is 6.53. The lowest BCUT2D eigenvalue weighted by atomic mass is 9.48. The van der Waals surface area contributed by atoms with E-state index in [0.717, 1.165) is 18.3 Å². The molecule has 0 aromatic carbocycles. The number of hydrogen-bond donors (Lipinski definition) is 0. The summed E-state index contributed by atoms with van der Waals surface area (Å²) in [5.74, 6) is 1.97. The predicted octanol–water partition coefficient (Wildman–Crippen LogP) is 4.97. The monoisotopic (exact) mass is 342 g/mol. The highest BCUT2D eigenvalue weighted by Gasteiger charge is 2.56. The van der Waals surface area contributed by atoms with Crippen LogP contribution in [-0.4, -0.2) is 11.8 Å². The number of carbonyl (C=O) groups excluding carboxylic acids is 2. The van der Waals surface area contributed by atoms with Crippen LogP contribution in [-0.2, 0) is 14.3 Å². The molecule has 0 aromatic rings. The molecule has 3 nitrogen and oxygen atoms in total. The van der Waals surface area contributed by atoms with Crippen LogP contribution in [0.1, 0.15) is 72.1 Å². The second-order valence-corrected chi connectivity index (χ2v) is 9.15. The molecule has 4 aliphatic rings. The van der Waals surface area contributed by atoms with E-state index in [-0.39, 0.29) is 22.9 Å². The van der Waals surface area contributed by atoms with Crippen LogP contribution >= 0.6 is 0 Å². The Balaban J connectivity index is 1.68. The van der Waals surface area contributed by atoms with E-state index >= 15 is 0 Å². The van der Waals surface area contributed by atoms with Gasteiger partial charge in [-0.1, -0.05) is 32.8 Å². The van der Waals surface area contributed by atoms with E-state index in [2.05, 4.69) is 13.8 Å². The van der Waals surface area contributed by atoms with E-state index in [1.54, 1.807) is 13.0 Å². The van der Waals surface area contributed by atoms with Gasteiger partial charge in [0.25, 0.3) is 0 Å². The minimum Gasteiger partial charge on any atom is -0.423 e. The van der Waals surface area contributed by atoms with Gasteiger partial charge in [-0.05, 0) is 73.8 Å². The molecule has 4 aliphatic carbocycles. The van der Waals surface area contributed by atoms with Gasteiger partial charge in [-0.15, -0.1) is 0 Å². The number of carbonyl (C=O) groups is 2. The Hall–Kier alpha value is -1.38. The topological polar surface area (TPSA) is 43.4 Å². The summed E-state index contributed by atoms with van der Waals surface area (Å²) in [7, 11) is 0. The maximum absolute atomic E-state index is 12.4.